The summed E-state index contributed by atoms with van der Waals surface area (Å²) in [6.07, 6.45) is 7.20. The second kappa shape index (κ2) is 8.84. The van der Waals surface area contributed by atoms with Gasteiger partial charge in [0.25, 0.3) is 5.91 Å². The number of carbonyl (C=O) groups is 1. The molecular formula is C24H26F2N6O4S. The van der Waals surface area contributed by atoms with Crippen molar-refractivity contribution in [1.82, 2.24) is 29.0 Å². The summed E-state index contributed by atoms with van der Waals surface area (Å²) < 4.78 is 55.0. The molecule has 4 aromatic heterocycles. The molecule has 1 amide bonds. The molecule has 37 heavy (non-hydrogen) atoms. The summed E-state index contributed by atoms with van der Waals surface area (Å²) in [6, 6.07) is 2.28. The fraction of sp³-hybridized carbons (Fsp3) is 0.417. The van der Waals surface area contributed by atoms with Crippen molar-refractivity contribution in [1.29, 1.82) is 0 Å². The molecule has 1 aliphatic carbocycles. The van der Waals surface area contributed by atoms with Crippen LogP contribution in [-0.2, 0) is 15.7 Å². The number of carbonyl (C=O) groups excluding carboxylic acids is 1. The fourth-order valence-electron chi connectivity index (χ4n) is 5.71. The highest BCUT2D eigenvalue weighted by atomic mass is 32.2. The van der Waals surface area contributed by atoms with Crippen LogP contribution in [0.2, 0.25) is 0 Å². The average Bonchev–Trinajstić information content (AvgIpc) is 3.42. The molecule has 0 aromatic carbocycles. The van der Waals surface area contributed by atoms with Gasteiger partial charge in [-0.05, 0) is 36.7 Å². The highest BCUT2D eigenvalue weighted by Crippen LogP contribution is 2.41. The molecular weight excluding hydrogens is 506 g/mol. The minimum Gasteiger partial charge on any atom is -0.412 e. The number of aromatic nitrogens is 5. The first-order valence-corrected chi connectivity index (χ1v) is 13.8. The number of hydrogen-bond donors (Lipinski definition) is 0. The van der Waals surface area contributed by atoms with Crippen LogP contribution in [0.3, 0.4) is 0 Å². The van der Waals surface area contributed by atoms with Crippen molar-refractivity contribution in [2.75, 3.05) is 19.3 Å². The number of sulfone groups is 1. The number of nitrogens with zero attached hydrogens (tertiary/aromatic N) is 6. The number of hydrogen-bond acceptors (Lipinski definition) is 6. The lowest BCUT2D eigenvalue weighted by Crippen LogP contribution is -2.44. The second-order valence-corrected chi connectivity index (χ2v) is 12.1. The summed E-state index contributed by atoms with van der Waals surface area (Å²) in [5, 5.41) is 4.89. The van der Waals surface area contributed by atoms with Crippen LogP contribution in [0.1, 0.15) is 30.3 Å². The molecule has 2 N–H and O–H groups in total. The molecule has 6 rings (SSSR count). The normalized spacial score (nSPS) is 21.5. The van der Waals surface area contributed by atoms with E-state index < -0.39 is 27.3 Å². The van der Waals surface area contributed by atoms with Gasteiger partial charge in [-0.2, -0.15) is 5.10 Å². The third-order valence-electron chi connectivity index (χ3n) is 7.57. The number of pyridine rings is 2. The number of likely N-dealkylation sites (tertiary alicyclic amines) is 1. The number of imidazole rings is 1. The van der Waals surface area contributed by atoms with Gasteiger partial charge in [-0.1, -0.05) is 6.92 Å². The molecule has 10 nitrogen and oxygen atoms in total. The largest absolute Gasteiger partial charge is 0.412 e. The third-order valence-corrected chi connectivity index (χ3v) is 8.29. The zero-order valence-corrected chi connectivity index (χ0v) is 21.0. The Balaban J connectivity index is 0.00000280. The first-order chi connectivity index (χ1) is 17.1. The van der Waals surface area contributed by atoms with Crippen molar-refractivity contribution in [2.24, 2.45) is 17.8 Å². The van der Waals surface area contributed by atoms with E-state index >= 15 is 0 Å². The predicted molar refractivity (Wildman–Crippen MR) is 131 cm³/mol. The molecule has 13 heteroatoms. The van der Waals surface area contributed by atoms with Crippen molar-refractivity contribution < 1.29 is 27.5 Å². The minimum absolute atomic E-state index is 0. The van der Waals surface area contributed by atoms with E-state index in [1.165, 1.54) is 21.5 Å². The predicted octanol–water partition coefficient (Wildman–Crippen LogP) is 2.32. The smallest absolute Gasteiger partial charge is 0.272 e. The van der Waals surface area contributed by atoms with Crippen LogP contribution >= 0.6 is 0 Å². The Labute approximate surface area is 211 Å². The highest BCUT2D eigenvalue weighted by molar-refractivity contribution is 7.89. The molecule has 1 saturated heterocycles. The van der Waals surface area contributed by atoms with E-state index in [0.717, 1.165) is 31.4 Å². The number of piperidine rings is 1. The summed E-state index contributed by atoms with van der Waals surface area (Å²) in [5.74, 6) is -0.709. The standard InChI is InChI=1S/C24H24F2N6O3S.H2O/c1-13-14-3-4-15(13)10-30(9-14)24(33)19-6-20-17(7-27-19)22(29-32(20)12-36(2,34)35)21-8-28-23-18(26)5-16(25)11-31(21)23;/h5-8,11,13-15H,3-4,9-10,12H2,1-2H3;1H2. The summed E-state index contributed by atoms with van der Waals surface area (Å²) in [6.45, 7) is 3.61. The van der Waals surface area contributed by atoms with Crippen molar-refractivity contribution in [3.8, 4) is 11.4 Å². The van der Waals surface area contributed by atoms with Crippen molar-refractivity contribution in [3.05, 3.63) is 48.1 Å². The maximum atomic E-state index is 14.2. The molecule has 2 atom stereocenters. The first-order valence-electron chi connectivity index (χ1n) is 11.7. The van der Waals surface area contributed by atoms with Gasteiger partial charge in [0.15, 0.2) is 21.3 Å². The molecule has 2 unspecified atom stereocenters. The molecule has 2 bridgehead atoms. The molecule has 1 aliphatic heterocycles. The lowest BCUT2D eigenvalue weighted by atomic mass is 9.87. The monoisotopic (exact) mass is 532 g/mol. The molecule has 1 saturated carbocycles. The van der Waals surface area contributed by atoms with E-state index in [9.17, 15) is 22.0 Å². The van der Waals surface area contributed by atoms with E-state index in [0.29, 0.717) is 41.7 Å². The third kappa shape index (κ3) is 4.25. The second-order valence-electron chi connectivity index (χ2n) is 10.00. The Morgan fingerprint density at radius 1 is 1.11 bits per heavy atom. The van der Waals surface area contributed by atoms with Crippen LogP contribution in [0.15, 0.2) is 30.7 Å². The van der Waals surface area contributed by atoms with Crippen molar-refractivity contribution in [3.63, 3.8) is 0 Å². The van der Waals surface area contributed by atoms with Crippen LogP contribution in [0.4, 0.5) is 8.78 Å². The van der Waals surface area contributed by atoms with Gasteiger partial charge in [0.05, 0.1) is 17.4 Å². The minimum atomic E-state index is -3.50. The zero-order valence-electron chi connectivity index (χ0n) is 20.2. The molecule has 0 spiro atoms. The highest BCUT2D eigenvalue weighted by Gasteiger charge is 2.41. The molecule has 5 heterocycles. The summed E-state index contributed by atoms with van der Waals surface area (Å²) >= 11 is 0. The topological polar surface area (TPSA) is 134 Å². The Bertz CT molecular complexity index is 1640. The quantitative estimate of drug-likeness (QED) is 0.396. The van der Waals surface area contributed by atoms with E-state index in [4.69, 9.17) is 0 Å². The molecule has 2 fully saturated rings. The van der Waals surface area contributed by atoms with E-state index in [1.807, 2.05) is 4.90 Å². The van der Waals surface area contributed by atoms with Crippen molar-refractivity contribution >= 4 is 32.3 Å². The summed E-state index contributed by atoms with van der Waals surface area (Å²) in [5.41, 5.74) is 1.01. The number of rotatable bonds is 4. The molecule has 4 aromatic rings. The van der Waals surface area contributed by atoms with Gasteiger partial charge < -0.3 is 10.4 Å². The number of amides is 1. The zero-order chi connectivity index (χ0) is 25.4. The number of halogens is 2. The molecule has 2 aliphatic rings. The van der Waals surface area contributed by atoms with Crippen LogP contribution in [-0.4, -0.2) is 68.2 Å². The lowest BCUT2D eigenvalue weighted by molar-refractivity contribution is 0.0582. The van der Waals surface area contributed by atoms with Crippen molar-refractivity contribution in [2.45, 2.75) is 25.6 Å². The van der Waals surface area contributed by atoms with Gasteiger partial charge in [-0.3, -0.25) is 14.2 Å². The maximum absolute atomic E-state index is 14.2. The van der Waals surface area contributed by atoms with Gasteiger partial charge >= 0.3 is 0 Å². The van der Waals surface area contributed by atoms with E-state index in [1.54, 1.807) is 6.07 Å². The fourth-order valence-corrected chi connectivity index (χ4v) is 6.35. The molecule has 196 valence electrons. The van der Waals surface area contributed by atoms with Gasteiger partial charge in [0.1, 0.15) is 23.1 Å². The average molecular weight is 533 g/mol. The Morgan fingerprint density at radius 2 is 1.81 bits per heavy atom. The maximum Gasteiger partial charge on any atom is 0.272 e. The van der Waals surface area contributed by atoms with Gasteiger partial charge in [-0.25, -0.2) is 26.9 Å². The van der Waals surface area contributed by atoms with Gasteiger partial charge in [-0.15, -0.1) is 0 Å². The van der Waals surface area contributed by atoms with E-state index in [2.05, 4.69) is 22.0 Å². The number of fused-ring (bicyclic) bond motifs is 4. The van der Waals surface area contributed by atoms with Crippen LogP contribution in [0, 0.1) is 29.4 Å². The Kier molecular flexibility index (Phi) is 6.02. The summed E-state index contributed by atoms with van der Waals surface area (Å²) in [7, 11) is -3.50. The van der Waals surface area contributed by atoms with Crippen LogP contribution in [0.25, 0.3) is 27.9 Å². The van der Waals surface area contributed by atoms with Crippen LogP contribution in [0.5, 0.6) is 0 Å². The Morgan fingerprint density at radius 3 is 2.49 bits per heavy atom. The van der Waals surface area contributed by atoms with Gasteiger partial charge in [0, 0.05) is 43.2 Å². The Hall–Kier alpha value is -3.45. The lowest BCUT2D eigenvalue weighted by Gasteiger charge is -2.36. The summed E-state index contributed by atoms with van der Waals surface area (Å²) in [4.78, 5) is 23.6. The SMILES string of the molecule is CC1C2CCC1CN(C(=O)c1cc3c(cn1)c(-c1cnc4c(F)cc(F)cn14)nn3CS(C)(=O)=O)C2.O. The van der Waals surface area contributed by atoms with E-state index in [-0.39, 0.29) is 34.1 Å². The first kappa shape index (κ1) is 25.2. The van der Waals surface area contributed by atoms with Crippen LogP contribution < -0.4 is 0 Å². The van der Waals surface area contributed by atoms with Gasteiger partial charge in [0.2, 0.25) is 0 Å². The molecule has 0 radical (unpaired) electrons.